The zero-order valence-electron chi connectivity index (χ0n) is 19.4. The molecule has 170 valence electrons. The minimum Gasteiger partial charge on any atom is -0.347 e. The molecule has 2 aromatic carbocycles. The molecule has 0 aliphatic carbocycles. The number of carbonyl (C=O) groups excluding carboxylic acids is 1. The zero-order valence-corrected chi connectivity index (χ0v) is 19.4. The number of hydrogen-bond acceptors (Lipinski definition) is 4. The number of aromatic amines is 1. The average Bonchev–Trinajstić information content (AvgIpc) is 3.35. The van der Waals surface area contributed by atoms with E-state index in [2.05, 4.69) is 58.4 Å². The lowest BCUT2D eigenvalue weighted by Gasteiger charge is -2.21. The number of H-pyrrole nitrogens is 1. The number of carbonyl (C=O) groups is 1. The van der Waals surface area contributed by atoms with Gasteiger partial charge in [0, 0.05) is 36.7 Å². The van der Waals surface area contributed by atoms with E-state index >= 15 is 0 Å². The fraction of sp³-hybridized carbons (Fsp3) is 0.385. The molecule has 0 saturated carbocycles. The van der Waals surface area contributed by atoms with Crippen LogP contribution in [0.5, 0.6) is 0 Å². The first-order valence-electron chi connectivity index (χ1n) is 11.5. The van der Waals surface area contributed by atoms with Crippen molar-refractivity contribution in [3.63, 3.8) is 0 Å². The molecule has 1 heterocycles. The Hall–Kier alpha value is -2.96. The number of aromatic nitrogens is 2. The van der Waals surface area contributed by atoms with Crippen molar-refractivity contribution in [2.24, 2.45) is 0 Å². The summed E-state index contributed by atoms with van der Waals surface area (Å²) in [5.41, 5.74) is 3.85. The molecule has 0 bridgehead atoms. The minimum atomic E-state index is -0.0974. The monoisotopic (exact) mass is 433 g/mol. The SMILES string of the molecule is CCCN(CCC)Cc1ccc(NC(=O)c2ccc(CNC(C)c3ncc[nH]3)cc2)cc1. The number of anilines is 1. The fourth-order valence-corrected chi connectivity index (χ4v) is 3.71. The predicted molar refractivity (Wildman–Crippen MR) is 131 cm³/mol. The molecule has 1 atom stereocenters. The first-order valence-corrected chi connectivity index (χ1v) is 11.5. The lowest BCUT2D eigenvalue weighted by atomic mass is 10.1. The third kappa shape index (κ3) is 7.04. The van der Waals surface area contributed by atoms with Crippen LogP contribution in [-0.2, 0) is 13.1 Å². The van der Waals surface area contributed by atoms with Crippen molar-refractivity contribution in [3.8, 4) is 0 Å². The number of amides is 1. The van der Waals surface area contributed by atoms with E-state index in [1.54, 1.807) is 6.20 Å². The molecule has 0 saturated heterocycles. The van der Waals surface area contributed by atoms with E-state index < -0.39 is 0 Å². The summed E-state index contributed by atoms with van der Waals surface area (Å²) < 4.78 is 0. The third-order valence-electron chi connectivity index (χ3n) is 5.46. The van der Waals surface area contributed by atoms with Gasteiger partial charge in [-0.1, -0.05) is 38.1 Å². The maximum absolute atomic E-state index is 12.6. The van der Waals surface area contributed by atoms with Crippen molar-refractivity contribution in [2.45, 2.75) is 52.7 Å². The Morgan fingerprint density at radius 3 is 2.25 bits per heavy atom. The molecule has 1 aromatic heterocycles. The molecular weight excluding hydrogens is 398 g/mol. The highest BCUT2D eigenvalue weighted by Crippen LogP contribution is 2.15. The minimum absolute atomic E-state index is 0.0974. The van der Waals surface area contributed by atoms with Crippen LogP contribution in [0, 0.1) is 0 Å². The molecule has 6 nitrogen and oxygen atoms in total. The lowest BCUT2D eigenvalue weighted by molar-refractivity contribution is 0.102. The van der Waals surface area contributed by atoms with E-state index in [0.717, 1.165) is 49.6 Å². The van der Waals surface area contributed by atoms with Crippen LogP contribution >= 0.6 is 0 Å². The summed E-state index contributed by atoms with van der Waals surface area (Å²) in [6.07, 6.45) is 5.89. The Kier molecular flexibility index (Phi) is 9.01. The van der Waals surface area contributed by atoms with Crippen LogP contribution in [0.25, 0.3) is 0 Å². The number of benzene rings is 2. The van der Waals surface area contributed by atoms with Gasteiger partial charge in [-0.3, -0.25) is 9.69 Å². The van der Waals surface area contributed by atoms with Gasteiger partial charge in [0.2, 0.25) is 0 Å². The highest BCUT2D eigenvalue weighted by atomic mass is 16.1. The molecule has 1 unspecified atom stereocenters. The molecule has 3 N–H and O–H groups in total. The summed E-state index contributed by atoms with van der Waals surface area (Å²) in [5.74, 6) is 0.815. The van der Waals surface area contributed by atoms with E-state index in [1.807, 2.05) is 42.6 Å². The number of rotatable bonds is 12. The zero-order chi connectivity index (χ0) is 22.8. The fourth-order valence-electron chi connectivity index (χ4n) is 3.71. The lowest BCUT2D eigenvalue weighted by Crippen LogP contribution is -2.24. The van der Waals surface area contributed by atoms with Crippen molar-refractivity contribution < 1.29 is 4.79 Å². The largest absolute Gasteiger partial charge is 0.347 e. The molecule has 3 rings (SSSR count). The second-order valence-corrected chi connectivity index (χ2v) is 8.20. The first kappa shape index (κ1) is 23.7. The van der Waals surface area contributed by atoms with Gasteiger partial charge in [-0.2, -0.15) is 0 Å². The van der Waals surface area contributed by atoms with Gasteiger partial charge in [0.15, 0.2) is 0 Å². The van der Waals surface area contributed by atoms with Crippen LogP contribution in [0.2, 0.25) is 0 Å². The second-order valence-electron chi connectivity index (χ2n) is 8.20. The Morgan fingerprint density at radius 1 is 1.00 bits per heavy atom. The molecule has 0 spiro atoms. The van der Waals surface area contributed by atoms with Crippen molar-refractivity contribution in [3.05, 3.63) is 83.4 Å². The van der Waals surface area contributed by atoms with Crippen LogP contribution in [-0.4, -0.2) is 33.9 Å². The Bertz CT molecular complexity index is 929. The van der Waals surface area contributed by atoms with E-state index in [-0.39, 0.29) is 11.9 Å². The molecule has 6 heteroatoms. The predicted octanol–water partition coefficient (Wildman–Crippen LogP) is 5.13. The maximum atomic E-state index is 12.6. The van der Waals surface area contributed by atoms with E-state index in [9.17, 15) is 4.79 Å². The van der Waals surface area contributed by atoms with E-state index in [1.165, 1.54) is 5.56 Å². The van der Waals surface area contributed by atoms with Crippen LogP contribution in [0.4, 0.5) is 5.69 Å². The smallest absolute Gasteiger partial charge is 0.255 e. The molecule has 3 aromatic rings. The summed E-state index contributed by atoms with van der Waals surface area (Å²) in [4.78, 5) is 22.5. The Balaban J connectivity index is 1.50. The van der Waals surface area contributed by atoms with Crippen molar-refractivity contribution >= 4 is 11.6 Å². The topological polar surface area (TPSA) is 73.1 Å². The van der Waals surface area contributed by atoms with Crippen molar-refractivity contribution in [1.29, 1.82) is 0 Å². The summed E-state index contributed by atoms with van der Waals surface area (Å²) in [6, 6.07) is 16.0. The van der Waals surface area contributed by atoms with Crippen LogP contribution < -0.4 is 10.6 Å². The van der Waals surface area contributed by atoms with Crippen molar-refractivity contribution in [1.82, 2.24) is 20.2 Å². The number of nitrogens with one attached hydrogen (secondary N) is 3. The van der Waals surface area contributed by atoms with E-state index in [0.29, 0.717) is 12.1 Å². The summed E-state index contributed by atoms with van der Waals surface area (Å²) in [6.45, 7) is 10.4. The summed E-state index contributed by atoms with van der Waals surface area (Å²) >= 11 is 0. The highest BCUT2D eigenvalue weighted by molar-refractivity contribution is 6.04. The third-order valence-corrected chi connectivity index (χ3v) is 5.46. The molecule has 0 fully saturated rings. The number of nitrogens with zero attached hydrogens (tertiary/aromatic N) is 2. The van der Waals surface area contributed by atoms with Gasteiger partial charge in [-0.05, 0) is 68.2 Å². The molecule has 1 amide bonds. The first-order chi connectivity index (χ1) is 15.6. The maximum Gasteiger partial charge on any atom is 0.255 e. The highest BCUT2D eigenvalue weighted by Gasteiger charge is 2.09. The molecule has 0 aliphatic heterocycles. The molecular formula is C26H35N5O. The van der Waals surface area contributed by atoms with Crippen LogP contribution in [0.3, 0.4) is 0 Å². The van der Waals surface area contributed by atoms with Crippen LogP contribution in [0.1, 0.15) is 67.0 Å². The standard InChI is InChI=1S/C26H35N5O/c1-4-16-31(17-5-2)19-22-8-12-24(13-9-22)30-26(32)23-10-6-21(7-11-23)18-29-20(3)25-27-14-15-28-25/h6-15,20,29H,4-5,16-19H2,1-3H3,(H,27,28)(H,30,32). The molecule has 0 aliphatic rings. The van der Waals surface area contributed by atoms with Gasteiger partial charge in [0.05, 0.1) is 6.04 Å². The van der Waals surface area contributed by atoms with Gasteiger partial charge < -0.3 is 15.6 Å². The van der Waals surface area contributed by atoms with Gasteiger partial charge in [0.1, 0.15) is 5.82 Å². The van der Waals surface area contributed by atoms with Gasteiger partial charge in [-0.25, -0.2) is 4.98 Å². The normalized spacial score (nSPS) is 12.1. The quantitative estimate of drug-likeness (QED) is 0.370. The summed E-state index contributed by atoms with van der Waals surface area (Å²) in [5, 5.41) is 6.42. The molecule has 0 radical (unpaired) electrons. The van der Waals surface area contributed by atoms with Crippen LogP contribution in [0.15, 0.2) is 60.9 Å². The van der Waals surface area contributed by atoms with Gasteiger partial charge >= 0.3 is 0 Å². The Morgan fingerprint density at radius 2 is 1.66 bits per heavy atom. The summed E-state index contributed by atoms with van der Waals surface area (Å²) in [7, 11) is 0. The van der Waals surface area contributed by atoms with Gasteiger partial charge in [0.25, 0.3) is 5.91 Å². The molecule has 32 heavy (non-hydrogen) atoms. The number of hydrogen-bond donors (Lipinski definition) is 3. The number of imidazole rings is 1. The Labute approximate surface area is 191 Å². The average molecular weight is 434 g/mol. The van der Waals surface area contributed by atoms with Gasteiger partial charge in [-0.15, -0.1) is 0 Å². The van der Waals surface area contributed by atoms with E-state index in [4.69, 9.17) is 0 Å². The second kappa shape index (κ2) is 12.2. The van der Waals surface area contributed by atoms with Crippen molar-refractivity contribution in [2.75, 3.05) is 18.4 Å².